The molecule has 9 nitrogen and oxygen atoms in total. The molecule has 41 heavy (non-hydrogen) atoms. The van der Waals surface area contributed by atoms with E-state index in [0.717, 1.165) is 25.1 Å². The Morgan fingerprint density at radius 1 is 1.15 bits per heavy atom. The quantitative estimate of drug-likeness (QED) is 0.305. The Labute approximate surface area is 228 Å². The first kappa shape index (κ1) is 28.1. The smallest absolute Gasteiger partial charge is 0.418 e. The molecule has 214 valence electrons. The minimum atomic E-state index is -4.82. The molecule has 1 saturated heterocycles. The highest BCUT2D eigenvalue weighted by atomic mass is 19.4. The second-order valence-corrected chi connectivity index (χ2v) is 9.38. The van der Waals surface area contributed by atoms with E-state index < -0.39 is 52.7 Å². The van der Waals surface area contributed by atoms with Crippen LogP contribution < -0.4 is 15.5 Å². The van der Waals surface area contributed by atoms with Gasteiger partial charge in [-0.25, -0.2) is 13.8 Å². The van der Waals surface area contributed by atoms with Gasteiger partial charge in [0.15, 0.2) is 17.1 Å². The Balaban J connectivity index is 1.65. The summed E-state index contributed by atoms with van der Waals surface area (Å²) in [7, 11) is 0. The molecule has 5 rings (SSSR count). The van der Waals surface area contributed by atoms with E-state index in [-0.39, 0.29) is 57.9 Å². The zero-order chi connectivity index (χ0) is 29.6. The number of hydrogen-bond donors (Lipinski definition) is 3. The fraction of sp³-hybridized carbons (Fsp3) is 0.259. The molecule has 1 aliphatic rings. The zero-order valence-corrected chi connectivity index (χ0v) is 21.4. The number of nitrogens with one attached hydrogen (secondary N) is 2. The van der Waals surface area contributed by atoms with Crippen molar-refractivity contribution >= 4 is 16.8 Å². The zero-order valence-electron chi connectivity index (χ0n) is 21.4. The molecule has 4 heterocycles. The van der Waals surface area contributed by atoms with Crippen LogP contribution in [-0.4, -0.2) is 51.3 Å². The number of carbonyl (C=O) groups is 1. The van der Waals surface area contributed by atoms with E-state index in [1.54, 1.807) is 0 Å². The lowest BCUT2D eigenvalue weighted by Crippen LogP contribution is -2.43. The maximum absolute atomic E-state index is 14.2. The fourth-order valence-electron chi connectivity index (χ4n) is 4.53. The van der Waals surface area contributed by atoms with Crippen molar-refractivity contribution in [3.63, 3.8) is 0 Å². The minimum Gasteiger partial charge on any atom is -0.438 e. The molecule has 0 aliphatic carbocycles. The second kappa shape index (κ2) is 10.5. The standard InChI is InChI=1S/C27H21F5N4O5/c1-11-13(27(30,31)32)8-34-26(41-20-4-3-14(28)23(29)12(20)2)21(11)16-7-18(37)22-15(35-16)5-6-33-24(22)25(39)36-17-9-40-10-19(17)38/h3-8,17,19,38H,9-10H2,1-2H3,(H,35,37)(H,36,39)/t17-,19-/m1/s1. The van der Waals surface area contributed by atoms with Crippen molar-refractivity contribution in [3.05, 3.63) is 80.9 Å². The van der Waals surface area contributed by atoms with Gasteiger partial charge in [-0.1, -0.05) is 0 Å². The predicted molar refractivity (Wildman–Crippen MR) is 135 cm³/mol. The predicted octanol–water partition coefficient (Wildman–Crippen LogP) is 4.18. The van der Waals surface area contributed by atoms with E-state index in [1.807, 2.05) is 0 Å². The van der Waals surface area contributed by atoms with Gasteiger partial charge in [-0.3, -0.25) is 14.6 Å². The Hall–Kier alpha value is -4.43. The molecule has 1 aliphatic heterocycles. The molecule has 0 bridgehead atoms. The first-order chi connectivity index (χ1) is 19.4. The largest absolute Gasteiger partial charge is 0.438 e. The number of aromatic nitrogens is 3. The summed E-state index contributed by atoms with van der Waals surface area (Å²) < 4.78 is 80.0. The highest BCUT2D eigenvalue weighted by molar-refractivity contribution is 6.04. The Morgan fingerprint density at radius 3 is 2.59 bits per heavy atom. The van der Waals surface area contributed by atoms with Gasteiger partial charge < -0.3 is 24.9 Å². The molecule has 1 fully saturated rings. The lowest BCUT2D eigenvalue weighted by molar-refractivity contribution is -0.138. The van der Waals surface area contributed by atoms with Gasteiger partial charge in [0.05, 0.1) is 53.1 Å². The molecule has 3 aromatic heterocycles. The topological polar surface area (TPSA) is 126 Å². The SMILES string of the molecule is Cc1c(Oc2ncc(C(F)(F)F)c(C)c2-c2cc(=O)c3c(C(=O)N[C@@H]4COC[C@H]4O)nccc3[nH]2)ccc(F)c1F. The number of alkyl halides is 3. The molecule has 4 aromatic rings. The number of H-pyrrole nitrogens is 1. The number of aliphatic hydroxyl groups is 1. The lowest BCUT2D eigenvalue weighted by atomic mass is 10.0. The maximum Gasteiger partial charge on any atom is 0.418 e. The summed E-state index contributed by atoms with van der Waals surface area (Å²) in [6.45, 7) is 2.45. The van der Waals surface area contributed by atoms with Crippen molar-refractivity contribution < 1.29 is 41.3 Å². The van der Waals surface area contributed by atoms with Gasteiger partial charge in [-0.15, -0.1) is 0 Å². The van der Waals surface area contributed by atoms with Crippen molar-refractivity contribution in [2.75, 3.05) is 13.2 Å². The van der Waals surface area contributed by atoms with Crippen molar-refractivity contribution in [2.45, 2.75) is 32.2 Å². The van der Waals surface area contributed by atoms with Crippen LogP contribution in [0.3, 0.4) is 0 Å². The maximum atomic E-state index is 14.2. The van der Waals surface area contributed by atoms with E-state index in [0.29, 0.717) is 6.20 Å². The van der Waals surface area contributed by atoms with E-state index in [2.05, 4.69) is 20.3 Å². The van der Waals surface area contributed by atoms with Gasteiger partial charge in [0.1, 0.15) is 11.4 Å². The van der Waals surface area contributed by atoms with Crippen molar-refractivity contribution in [1.29, 1.82) is 0 Å². The van der Waals surface area contributed by atoms with Gasteiger partial charge in [0.25, 0.3) is 5.91 Å². The third-order valence-corrected chi connectivity index (χ3v) is 6.70. The number of aromatic amines is 1. The molecule has 0 unspecified atom stereocenters. The van der Waals surface area contributed by atoms with Gasteiger partial charge in [-0.2, -0.15) is 13.2 Å². The number of ether oxygens (including phenoxy) is 2. The van der Waals surface area contributed by atoms with Gasteiger partial charge in [0.2, 0.25) is 5.88 Å². The molecule has 1 amide bonds. The molecule has 3 N–H and O–H groups in total. The highest BCUT2D eigenvalue weighted by Gasteiger charge is 2.36. The first-order valence-electron chi connectivity index (χ1n) is 12.1. The summed E-state index contributed by atoms with van der Waals surface area (Å²) in [4.78, 5) is 36.9. The highest BCUT2D eigenvalue weighted by Crippen LogP contribution is 2.41. The van der Waals surface area contributed by atoms with E-state index in [4.69, 9.17) is 9.47 Å². The van der Waals surface area contributed by atoms with Crippen LogP contribution in [0.25, 0.3) is 22.2 Å². The number of halogens is 5. The third kappa shape index (κ3) is 5.23. The van der Waals surface area contributed by atoms with Gasteiger partial charge in [-0.05, 0) is 37.6 Å². The van der Waals surface area contributed by atoms with Crippen LogP contribution in [0, 0.1) is 25.5 Å². The van der Waals surface area contributed by atoms with E-state index in [1.165, 1.54) is 19.2 Å². The number of fused-ring (bicyclic) bond motifs is 1. The van der Waals surface area contributed by atoms with Crippen molar-refractivity contribution in [2.24, 2.45) is 0 Å². The second-order valence-electron chi connectivity index (χ2n) is 9.38. The van der Waals surface area contributed by atoms with Crippen LogP contribution in [0.2, 0.25) is 0 Å². The molecule has 1 aromatic carbocycles. The number of amides is 1. The number of pyridine rings is 3. The normalized spacial score (nSPS) is 17.2. The molecule has 14 heteroatoms. The van der Waals surface area contributed by atoms with Gasteiger partial charge >= 0.3 is 6.18 Å². The molecular weight excluding hydrogens is 555 g/mol. The number of nitrogens with zero attached hydrogens (tertiary/aromatic N) is 2. The summed E-state index contributed by atoms with van der Waals surface area (Å²) in [5.41, 5.74) is -3.12. The summed E-state index contributed by atoms with van der Waals surface area (Å²) in [6, 6.07) is 3.47. The average molecular weight is 576 g/mol. The Bertz CT molecular complexity index is 1740. The average Bonchev–Trinajstić information content (AvgIpc) is 3.31. The number of aliphatic hydroxyl groups excluding tert-OH is 1. The summed E-state index contributed by atoms with van der Waals surface area (Å²) in [5.74, 6) is -3.74. The molecule has 0 spiro atoms. The number of hydrogen-bond acceptors (Lipinski definition) is 7. The summed E-state index contributed by atoms with van der Waals surface area (Å²) >= 11 is 0. The minimum absolute atomic E-state index is 0.0245. The Morgan fingerprint density at radius 2 is 1.90 bits per heavy atom. The van der Waals surface area contributed by atoms with Gasteiger partial charge in [0, 0.05) is 24.0 Å². The van der Waals surface area contributed by atoms with Crippen molar-refractivity contribution in [3.8, 4) is 22.9 Å². The van der Waals surface area contributed by atoms with Crippen LogP contribution >= 0.6 is 0 Å². The third-order valence-electron chi connectivity index (χ3n) is 6.70. The van der Waals surface area contributed by atoms with Crippen LogP contribution in [0.5, 0.6) is 11.6 Å². The molecule has 0 radical (unpaired) electrons. The van der Waals surface area contributed by atoms with E-state index in [9.17, 15) is 36.6 Å². The van der Waals surface area contributed by atoms with Crippen LogP contribution in [0.1, 0.15) is 27.2 Å². The summed E-state index contributed by atoms with van der Waals surface area (Å²) in [5, 5.41) is 12.3. The number of carbonyl (C=O) groups excluding carboxylic acids is 1. The Kier molecular flexibility index (Phi) is 7.21. The van der Waals surface area contributed by atoms with E-state index >= 15 is 0 Å². The van der Waals surface area contributed by atoms with Crippen molar-refractivity contribution in [1.82, 2.24) is 20.3 Å². The van der Waals surface area contributed by atoms with Crippen LogP contribution in [0.4, 0.5) is 22.0 Å². The summed E-state index contributed by atoms with van der Waals surface area (Å²) in [6.07, 6.45) is -4.01. The molecule has 0 saturated carbocycles. The van der Waals surface area contributed by atoms with Crippen LogP contribution in [-0.2, 0) is 10.9 Å². The molecular formula is C27H21F5N4O5. The number of rotatable bonds is 5. The number of benzene rings is 1. The lowest BCUT2D eigenvalue weighted by Gasteiger charge is -2.19. The van der Waals surface area contributed by atoms with Crippen LogP contribution in [0.15, 0.2) is 41.5 Å². The molecule has 2 atom stereocenters. The monoisotopic (exact) mass is 576 g/mol. The fourth-order valence-corrected chi connectivity index (χ4v) is 4.53. The first-order valence-corrected chi connectivity index (χ1v) is 12.1.